The van der Waals surface area contributed by atoms with Crippen LogP contribution in [0.15, 0.2) is 18.2 Å². The molecule has 0 aliphatic carbocycles. The Morgan fingerprint density at radius 2 is 1.92 bits per heavy atom. The van der Waals surface area contributed by atoms with Gasteiger partial charge in [-0.05, 0) is 56.9 Å². The molecule has 0 radical (unpaired) electrons. The van der Waals surface area contributed by atoms with Gasteiger partial charge in [0.05, 0.1) is 12.5 Å². The predicted octanol–water partition coefficient (Wildman–Crippen LogP) is 2.65. The van der Waals surface area contributed by atoms with Crippen molar-refractivity contribution < 1.29 is 14.3 Å². The van der Waals surface area contributed by atoms with E-state index in [0.29, 0.717) is 19.7 Å². The van der Waals surface area contributed by atoms with Gasteiger partial charge in [-0.2, -0.15) is 0 Å². The highest BCUT2D eigenvalue weighted by molar-refractivity contribution is 5.94. The van der Waals surface area contributed by atoms with E-state index in [1.807, 2.05) is 41.8 Å². The van der Waals surface area contributed by atoms with Crippen molar-refractivity contribution in [2.45, 2.75) is 33.6 Å². The quantitative estimate of drug-likeness (QED) is 0.831. The van der Waals surface area contributed by atoms with Gasteiger partial charge in [-0.25, -0.2) is 0 Å². The fraction of sp³-hybridized carbons (Fsp3) is 0.619. The van der Waals surface area contributed by atoms with Crippen LogP contribution in [0, 0.1) is 25.2 Å². The third kappa shape index (κ3) is 3.25. The second kappa shape index (κ2) is 7.39. The maximum absolute atomic E-state index is 12.9. The molecule has 2 aliphatic rings. The minimum absolute atomic E-state index is 0.0525. The lowest BCUT2D eigenvalue weighted by atomic mass is 9.71. The molecule has 2 heterocycles. The highest BCUT2D eigenvalue weighted by atomic mass is 16.5. The van der Waals surface area contributed by atoms with Crippen LogP contribution >= 0.6 is 0 Å². The van der Waals surface area contributed by atoms with Crippen LogP contribution < -0.4 is 0 Å². The van der Waals surface area contributed by atoms with Crippen LogP contribution in [-0.4, -0.2) is 61.5 Å². The standard InChI is InChI=1S/C21H30N2O3/c1-5-22-14-21(18(13-26-4)20(22)25)8-10-23(11-9-21)19(24)17-7-6-15(2)16(3)12-17/h6-7,12,18H,5,8-11,13-14H2,1-4H3. The summed E-state index contributed by atoms with van der Waals surface area (Å²) in [6, 6.07) is 5.91. The lowest BCUT2D eigenvalue weighted by Crippen LogP contribution is -2.47. The zero-order valence-corrected chi connectivity index (χ0v) is 16.4. The van der Waals surface area contributed by atoms with Gasteiger partial charge in [0.2, 0.25) is 5.91 Å². The maximum Gasteiger partial charge on any atom is 0.253 e. The van der Waals surface area contributed by atoms with E-state index < -0.39 is 0 Å². The topological polar surface area (TPSA) is 49.9 Å². The number of amides is 2. The number of carbonyl (C=O) groups excluding carboxylic acids is 2. The molecule has 2 aliphatic heterocycles. The molecule has 1 aromatic carbocycles. The smallest absolute Gasteiger partial charge is 0.253 e. The van der Waals surface area contributed by atoms with Gasteiger partial charge in [-0.15, -0.1) is 0 Å². The summed E-state index contributed by atoms with van der Waals surface area (Å²) < 4.78 is 5.36. The normalized spacial score (nSPS) is 22.3. The number of aryl methyl sites for hydroxylation is 2. The van der Waals surface area contributed by atoms with Gasteiger partial charge >= 0.3 is 0 Å². The fourth-order valence-electron chi connectivity index (χ4n) is 4.45. The van der Waals surface area contributed by atoms with Gasteiger partial charge in [0, 0.05) is 44.3 Å². The van der Waals surface area contributed by atoms with Crippen LogP contribution in [0.3, 0.4) is 0 Å². The molecule has 0 saturated carbocycles. The van der Waals surface area contributed by atoms with E-state index >= 15 is 0 Å². The van der Waals surface area contributed by atoms with Crippen molar-refractivity contribution in [2.75, 3.05) is 39.9 Å². The minimum atomic E-state index is -0.0775. The van der Waals surface area contributed by atoms with Crippen molar-refractivity contribution in [1.29, 1.82) is 0 Å². The number of rotatable bonds is 4. The van der Waals surface area contributed by atoms with Gasteiger partial charge in [0.1, 0.15) is 0 Å². The van der Waals surface area contributed by atoms with E-state index in [2.05, 4.69) is 6.92 Å². The number of hydrogen-bond acceptors (Lipinski definition) is 3. The van der Waals surface area contributed by atoms with Crippen molar-refractivity contribution in [1.82, 2.24) is 9.80 Å². The number of methoxy groups -OCH3 is 1. The summed E-state index contributed by atoms with van der Waals surface area (Å²) in [6.07, 6.45) is 1.72. The Labute approximate surface area is 156 Å². The summed E-state index contributed by atoms with van der Waals surface area (Å²) in [4.78, 5) is 29.4. The van der Waals surface area contributed by atoms with Gasteiger partial charge in [0.15, 0.2) is 0 Å². The van der Waals surface area contributed by atoms with E-state index in [9.17, 15) is 9.59 Å². The van der Waals surface area contributed by atoms with Crippen molar-refractivity contribution in [3.8, 4) is 0 Å². The Morgan fingerprint density at radius 1 is 1.23 bits per heavy atom. The molecule has 2 fully saturated rings. The van der Waals surface area contributed by atoms with Crippen molar-refractivity contribution in [3.05, 3.63) is 34.9 Å². The van der Waals surface area contributed by atoms with Crippen LogP contribution in [0.4, 0.5) is 0 Å². The average Bonchev–Trinajstić information content (AvgIpc) is 2.90. The van der Waals surface area contributed by atoms with E-state index in [0.717, 1.165) is 37.1 Å². The molecule has 2 amide bonds. The molecule has 1 spiro atoms. The molecular weight excluding hydrogens is 328 g/mol. The van der Waals surface area contributed by atoms with Crippen LogP contribution in [0.1, 0.15) is 41.3 Å². The molecule has 142 valence electrons. The summed E-state index contributed by atoms with van der Waals surface area (Å²) in [7, 11) is 1.66. The first kappa shape index (κ1) is 18.9. The Hall–Kier alpha value is -1.88. The summed E-state index contributed by atoms with van der Waals surface area (Å²) in [5.41, 5.74) is 3.05. The third-order valence-electron chi connectivity index (χ3n) is 6.37. The maximum atomic E-state index is 12.9. The molecule has 0 N–H and O–H groups in total. The lowest BCUT2D eigenvalue weighted by Gasteiger charge is -2.41. The first-order valence-corrected chi connectivity index (χ1v) is 9.56. The molecule has 26 heavy (non-hydrogen) atoms. The molecule has 3 rings (SSSR count). The Balaban J connectivity index is 1.72. The van der Waals surface area contributed by atoms with Crippen molar-refractivity contribution in [3.63, 3.8) is 0 Å². The highest BCUT2D eigenvalue weighted by Gasteiger charge is 2.52. The van der Waals surface area contributed by atoms with Gasteiger partial charge < -0.3 is 14.5 Å². The number of ether oxygens (including phenoxy) is 1. The van der Waals surface area contributed by atoms with Crippen LogP contribution in [0.2, 0.25) is 0 Å². The zero-order valence-electron chi connectivity index (χ0n) is 16.4. The van der Waals surface area contributed by atoms with Crippen LogP contribution in [0.25, 0.3) is 0 Å². The van der Waals surface area contributed by atoms with Gasteiger partial charge in [0.25, 0.3) is 5.91 Å². The molecular formula is C21H30N2O3. The third-order valence-corrected chi connectivity index (χ3v) is 6.37. The first-order chi connectivity index (χ1) is 12.4. The molecule has 0 aromatic heterocycles. The SMILES string of the molecule is CCN1CC2(CCN(C(=O)c3ccc(C)c(C)c3)CC2)C(COC)C1=O. The van der Waals surface area contributed by atoms with Gasteiger partial charge in [-0.1, -0.05) is 6.07 Å². The molecule has 5 heteroatoms. The van der Waals surface area contributed by atoms with E-state index in [1.165, 1.54) is 5.56 Å². The Kier molecular flexibility index (Phi) is 5.37. The molecule has 1 aromatic rings. The molecule has 2 saturated heterocycles. The Bertz CT molecular complexity index is 692. The number of likely N-dealkylation sites (tertiary alicyclic amines) is 2. The second-order valence-electron chi connectivity index (χ2n) is 7.81. The number of nitrogens with zero attached hydrogens (tertiary/aromatic N) is 2. The van der Waals surface area contributed by atoms with Crippen LogP contribution in [0.5, 0.6) is 0 Å². The summed E-state index contributed by atoms with van der Waals surface area (Å²) in [5, 5.41) is 0. The molecule has 5 nitrogen and oxygen atoms in total. The zero-order chi connectivity index (χ0) is 18.9. The summed E-state index contributed by atoms with van der Waals surface area (Å²) in [5.74, 6) is 0.234. The molecule has 0 bridgehead atoms. The number of benzene rings is 1. The minimum Gasteiger partial charge on any atom is -0.384 e. The van der Waals surface area contributed by atoms with E-state index in [4.69, 9.17) is 4.74 Å². The monoisotopic (exact) mass is 358 g/mol. The van der Waals surface area contributed by atoms with Crippen LogP contribution in [-0.2, 0) is 9.53 Å². The number of carbonyl (C=O) groups is 2. The first-order valence-electron chi connectivity index (χ1n) is 9.56. The second-order valence-corrected chi connectivity index (χ2v) is 7.81. The average molecular weight is 358 g/mol. The van der Waals surface area contributed by atoms with Crippen molar-refractivity contribution in [2.24, 2.45) is 11.3 Å². The Morgan fingerprint density at radius 3 is 2.50 bits per heavy atom. The molecule has 1 unspecified atom stereocenters. The summed E-state index contributed by atoms with van der Waals surface area (Å²) in [6.45, 7) is 9.54. The predicted molar refractivity (Wildman–Crippen MR) is 101 cm³/mol. The van der Waals surface area contributed by atoms with Crippen molar-refractivity contribution >= 4 is 11.8 Å². The lowest BCUT2D eigenvalue weighted by molar-refractivity contribution is -0.133. The summed E-state index contributed by atoms with van der Waals surface area (Å²) >= 11 is 0. The molecule has 1 atom stereocenters. The largest absolute Gasteiger partial charge is 0.384 e. The van der Waals surface area contributed by atoms with E-state index in [1.54, 1.807) is 7.11 Å². The number of piperidine rings is 1. The highest BCUT2D eigenvalue weighted by Crippen LogP contribution is 2.45. The fourth-order valence-corrected chi connectivity index (χ4v) is 4.45. The van der Waals surface area contributed by atoms with E-state index in [-0.39, 0.29) is 23.1 Å². The number of hydrogen-bond donors (Lipinski definition) is 0. The van der Waals surface area contributed by atoms with Gasteiger partial charge in [-0.3, -0.25) is 9.59 Å².